The quantitative estimate of drug-likeness (QED) is 0.764. The summed E-state index contributed by atoms with van der Waals surface area (Å²) in [6, 6.07) is 5.23. The molecule has 10 heteroatoms. The second-order valence-corrected chi connectivity index (χ2v) is 5.99. The third-order valence-corrected chi connectivity index (χ3v) is 4.20. The van der Waals surface area contributed by atoms with E-state index in [2.05, 4.69) is 15.5 Å². The second kappa shape index (κ2) is 10.9. The average Bonchev–Trinajstić information content (AvgIpc) is 3.16. The number of likely N-dealkylation sites (tertiary alicyclic amines) is 1. The number of amides is 2. The molecule has 148 valence electrons. The molecule has 3 rings (SSSR count). The topological polar surface area (TPSA) is 114 Å². The van der Waals surface area contributed by atoms with Crippen molar-refractivity contribution in [3.8, 4) is 11.3 Å². The van der Waals surface area contributed by atoms with Gasteiger partial charge >= 0.3 is 0 Å². The molecule has 0 spiro atoms. The number of pyridine rings is 1. The Kier molecular flexibility index (Phi) is 9.20. The van der Waals surface area contributed by atoms with Gasteiger partial charge in [0.25, 0.3) is 5.91 Å². The van der Waals surface area contributed by atoms with E-state index in [0.717, 1.165) is 18.4 Å². The predicted molar refractivity (Wildman–Crippen MR) is 105 cm³/mol. The van der Waals surface area contributed by atoms with Gasteiger partial charge in [-0.25, -0.2) is 0 Å². The van der Waals surface area contributed by atoms with E-state index in [1.807, 2.05) is 6.07 Å². The highest BCUT2D eigenvalue weighted by atomic mass is 35.5. The van der Waals surface area contributed by atoms with Crippen LogP contribution in [-0.4, -0.2) is 53.0 Å². The number of nitrogens with two attached hydrogens (primary N) is 1. The second-order valence-electron chi connectivity index (χ2n) is 5.99. The van der Waals surface area contributed by atoms with Crippen molar-refractivity contribution in [2.45, 2.75) is 12.8 Å². The molecule has 27 heavy (non-hydrogen) atoms. The molecule has 1 unspecified atom stereocenters. The van der Waals surface area contributed by atoms with Gasteiger partial charge in [0.1, 0.15) is 0 Å². The van der Waals surface area contributed by atoms with E-state index in [1.165, 1.54) is 0 Å². The van der Waals surface area contributed by atoms with Crippen LogP contribution in [0.1, 0.15) is 23.3 Å². The van der Waals surface area contributed by atoms with E-state index in [0.29, 0.717) is 31.9 Å². The van der Waals surface area contributed by atoms with Gasteiger partial charge in [0, 0.05) is 50.2 Å². The summed E-state index contributed by atoms with van der Waals surface area (Å²) in [5.41, 5.74) is 6.40. The van der Waals surface area contributed by atoms with Gasteiger partial charge in [-0.15, -0.1) is 24.8 Å². The number of hydrogen-bond acceptors (Lipinski definition) is 6. The Morgan fingerprint density at radius 2 is 2.19 bits per heavy atom. The minimum atomic E-state index is -0.227. The fourth-order valence-electron chi connectivity index (χ4n) is 2.90. The van der Waals surface area contributed by atoms with Gasteiger partial charge in [-0.05, 0) is 25.0 Å². The summed E-state index contributed by atoms with van der Waals surface area (Å²) in [5.74, 6) is -0.00555. The number of carbonyl (C=O) groups is 2. The molecular weight excluding hydrogens is 393 g/mol. The minimum Gasteiger partial charge on any atom is -0.355 e. The Hall–Kier alpha value is -2.16. The molecule has 1 aliphatic heterocycles. The number of rotatable bonds is 5. The zero-order valence-electron chi connectivity index (χ0n) is 14.7. The normalized spacial score (nSPS) is 16.0. The van der Waals surface area contributed by atoms with Gasteiger partial charge in [-0.3, -0.25) is 14.6 Å². The Morgan fingerprint density at radius 3 is 2.89 bits per heavy atom. The highest BCUT2D eigenvalue weighted by Crippen LogP contribution is 2.22. The first kappa shape index (κ1) is 22.9. The predicted octanol–water partition coefficient (Wildman–Crippen LogP) is 1.51. The monoisotopic (exact) mass is 415 g/mol. The van der Waals surface area contributed by atoms with Crippen LogP contribution in [0, 0.1) is 5.92 Å². The van der Waals surface area contributed by atoms with Crippen LogP contribution < -0.4 is 11.1 Å². The molecule has 3 N–H and O–H groups in total. The van der Waals surface area contributed by atoms with E-state index in [1.54, 1.807) is 29.4 Å². The molecule has 1 fully saturated rings. The van der Waals surface area contributed by atoms with Gasteiger partial charge in [-0.2, -0.15) is 0 Å². The molecule has 8 nitrogen and oxygen atoms in total. The van der Waals surface area contributed by atoms with Gasteiger partial charge in [0.05, 0.1) is 5.92 Å². The lowest BCUT2D eigenvalue weighted by Gasteiger charge is -2.31. The molecule has 0 radical (unpaired) electrons. The van der Waals surface area contributed by atoms with Crippen LogP contribution in [0.5, 0.6) is 0 Å². The Bertz CT molecular complexity index is 741. The first-order valence-electron chi connectivity index (χ1n) is 8.33. The number of nitrogens with one attached hydrogen (secondary N) is 1. The summed E-state index contributed by atoms with van der Waals surface area (Å²) in [4.78, 5) is 30.4. The first-order valence-corrected chi connectivity index (χ1v) is 8.33. The zero-order valence-corrected chi connectivity index (χ0v) is 16.3. The van der Waals surface area contributed by atoms with E-state index < -0.39 is 0 Å². The van der Waals surface area contributed by atoms with E-state index in [4.69, 9.17) is 10.3 Å². The van der Waals surface area contributed by atoms with Crippen LogP contribution >= 0.6 is 24.8 Å². The van der Waals surface area contributed by atoms with Crippen molar-refractivity contribution in [1.82, 2.24) is 20.4 Å². The van der Waals surface area contributed by atoms with Crippen LogP contribution in [-0.2, 0) is 4.79 Å². The van der Waals surface area contributed by atoms with E-state index in [-0.39, 0.29) is 48.2 Å². The van der Waals surface area contributed by atoms with Crippen molar-refractivity contribution >= 4 is 36.6 Å². The molecule has 1 aliphatic rings. The summed E-state index contributed by atoms with van der Waals surface area (Å²) in [6.07, 6.45) is 4.85. The smallest absolute Gasteiger partial charge is 0.276 e. The number of hydrogen-bond donors (Lipinski definition) is 2. The highest BCUT2D eigenvalue weighted by Gasteiger charge is 2.30. The number of aromatic nitrogens is 2. The van der Waals surface area contributed by atoms with Crippen molar-refractivity contribution in [2.24, 2.45) is 11.7 Å². The molecule has 2 aromatic heterocycles. The van der Waals surface area contributed by atoms with Gasteiger partial charge in [0.2, 0.25) is 5.91 Å². The van der Waals surface area contributed by atoms with Gasteiger partial charge in [0.15, 0.2) is 11.5 Å². The number of halogens is 2. The van der Waals surface area contributed by atoms with Crippen molar-refractivity contribution in [1.29, 1.82) is 0 Å². The maximum Gasteiger partial charge on any atom is 0.276 e. The lowest BCUT2D eigenvalue weighted by atomic mass is 9.97. The zero-order chi connectivity index (χ0) is 17.6. The molecule has 2 aromatic rings. The van der Waals surface area contributed by atoms with Gasteiger partial charge in [-0.1, -0.05) is 5.16 Å². The number of piperidine rings is 1. The maximum atomic E-state index is 12.7. The molecule has 1 atom stereocenters. The van der Waals surface area contributed by atoms with Crippen molar-refractivity contribution in [2.75, 3.05) is 26.2 Å². The average molecular weight is 416 g/mol. The summed E-state index contributed by atoms with van der Waals surface area (Å²) in [7, 11) is 0. The SMILES string of the molecule is Cl.Cl.NCCNC(=O)C1CCCN(C(=O)c2cc(-c3cccnc3)on2)C1. The van der Waals surface area contributed by atoms with Crippen molar-refractivity contribution in [3.05, 3.63) is 36.3 Å². The maximum absolute atomic E-state index is 12.7. The molecule has 3 heterocycles. The largest absolute Gasteiger partial charge is 0.355 e. The summed E-state index contributed by atoms with van der Waals surface area (Å²) < 4.78 is 5.26. The molecule has 0 saturated carbocycles. The molecule has 2 amide bonds. The van der Waals surface area contributed by atoms with E-state index >= 15 is 0 Å². The van der Waals surface area contributed by atoms with Crippen LogP contribution in [0.2, 0.25) is 0 Å². The van der Waals surface area contributed by atoms with Crippen LogP contribution in [0.25, 0.3) is 11.3 Å². The third kappa shape index (κ3) is 5.66. The Balaban J connectivity index is 0.00000182. The molecular formula is C17H23Cl2N5O3. The lowest BCUT2D eigenvalue weighted by molar-refractivity contribution is -0.126. The molecule has 1 saturated heterocycles. The summed E-state index contributed by atoms with van der Waals surface area (Å²) in [5, 5.41) is 6.66. The highest BCUT2D eigenvalue weighted by molar-refractivity contribution is 5.93. The third-order valence-electron chi connectivity index (χ3n) is 4.20. The van der Waals surface area contributed by atoms with Crippen LogP contribution in [0.3, 0.4) is 0 Å². The van der Waals surface area contributed by atoms with E-state index in [9.17, 15) is 9.59 Å². The molecule has 0 aromatic carbocycles. The number of carbonyl (C=O) groups excluding carboxylic acids is 2. The van der Waals surface area contributed by atoms with Crippen LogP contribution in [0.4, 0.5) is 0 Å². The minimum absolute atomic E-state index is 0. The molecule has 0 aliphatic carbocycles. The summed E-state index contributed by atoms with van der Waals surface area (Å²) >= 11 is 0. The lowest BCUT2D eigenvalue weighted by Crippen LogP contribution is -2.46. The van der Waals surface area contributed by atoms with Gasteiger partial charge < -0.3 is 20.5 Å². The number of nitrogens with zero attached hydrogens (tertiary/aromatic N) is 3. The van der Waals surface area contributed by atoms with Crippen molar-refractivity contribution < 1.29 is 14.1 Å². The Labute approximate surface area is 169 Å². The Morgan fingerprint density at radius 1 is 1.37 bits per heavy atom. The van der Waals surface area contributed by atoms with Crippen molar-refractivity contribution in [3.63, 3.8) is 0 Å². The van der Waals surface area contributed by atoms with Crippen LogP contribution in [0.15, 0.2) is 35.1 Å². The first-order chi connectivity index (χ1) is 12.2. The summed E-state index contributed by atoms with van der Waals surface area (Å²) in [6.45, 7) is 1.83. The fourth-order valence-corrected chi connectivity index (χ4v) is 2.90. The standard InChI is InChI=1S/C17H21N5O3.2ClH/c18-5-7-20-16(23)13-4-2-8-22(11-13)17(24)14-9-15(25-21-14)12-3-1-6-19-10-12;;/h1,3,6,9-10,13H,2,4-5,7-8,11,18H2,(H,20,23);2*1H. The fraction of sp³-hybridized carbons (Fsp3) is 0.412. The molecule has 0 bridgehead atoms.